The summed E-state index contributed by atoms with van der Waals surface area (Å²) in [5.41, 5.74) is 1.43. The summed E-state index contributed by atoms with van der Waals surface area (Å²) < 4.78 is 37.2. The molecule has 0 aliphatic heterocycles. The Kier molecular flexibility index (Phi) is 2.05. The van der Waals surface area contributed by atoms with Crippen LogP contribution in [-0.2, 0) is 12.6 Å². The Labute approximate surface area is 80.7 Å². The van der Waals surface area contributed by atoms with Gasteiger partial charge in [0.1, 0.15) is 0 Å². The van der Waals surface area contributed by atoms with E-state index in [9.17, 15) is 13.2 Å². The van der Waals surface area contributed by atoms with Crippen LogP contribution in [0.2, 0.25) is 0 Å². The van der Waals surface area contributed by atoms with Gasteiger partial charge in [-0.25, -0.2) is 0 Å². The molecule has 1 atom stereocenters. The molecule has 14 heavy (non-hydrogen) atoms. The van der Waals surface area contributed by atoms with Crippen molar-refractivity contribution in [1.82, 2.24) is 0 Å². The summed E-state index contributed by atoms with van der Waals surface area (Å²) in [6.45, 7) is 1.98. The number of fused-ring (bicyclic) bond motifs is 1. The zero-order valence-electron chi connectivity index (χ0n) is 7.86. The average molecular weight is 200 g/mol. The first kappa shape index (κ1) is 9.56. The number of halogens is 3. The van der Waals surface area contributed by atoms with E-state index in [-0.39, 0.29) is 5.92 Å². The third kappa shape index (κ3) is 1.51. The van der Waals surface area contributed by atoms with E-state index in [1.165, 1.54) is 12.1 Å². The van der Waals surface area contributed by atoms with E-state index < -0.39 is 11.7 Å². The molecule has 1 aromatic carbocycles. The SMILES string of the molecule is C[C@H]1CCc2ccc(C(F)(F)F)cc21. The summed E-state index contributed by atoms with van der Waals surface area (Å²) >= 11 is 0. The van der Waals surface area contributed by atoms with Gasteiger partial charge in [0.15, 0.2) is 0 Å². The van der Waals surface area contributed by atoms with Gasteiger partial charge in [0, 0.05) is 0 Å². The second-order valence-electron chi connectivity index (χ2n) is 3.85. The molecule has 0 saturated heterocycles. The van der Waals surface area contributed by atoms with Crippen LogP contribution in [0.1, 0.15) is 36.0 Å². The highest BCUT2D eigenvalue weighted by molar-refractivity contribution is 5.38. The Hall–Kier alpha value is -0.990. The first-order chi connectivity index (χ1) is 6.48. The summed E-state index contributed by atoms with van der Waals surface area (Å²) in [6, 6.07) is 4.09. The minimum atomic E-state index is -4.21. The number of rotatable bonds is 0. The van der Waals surface area contributed by atoms with Crippen LogP contribution in [0.25, 0.3) is 0 Å². The Morgan fingerprint density at radius 3 is 2.64 bits per heavy atom. The molecule has 0 aromatic heterocycles. The zero-order chi connectivity index (χ0) is 10.3. The van der Waals surface area contributed by atoms with Crippen LogP contribution in [-0.4, -0.2) is 0 Å². The van der Waals surface area contributed by atoms with E-state index in [1.807, 2.05) is 6.92 Å². The van der Waals surface area contributed by atoms with Gasteiger partial charge < -0.3 is 0 Å². The normalized spacial score (nSPS) is 21.0. The maximum Gasteiger partial charge on any atom is 0.416 e. The molecule has 0 saturated carbocycles. The number of alkyl halides is 3. The van der Waals surface area contributed by atoms with Crippen LogP contribution in [0.15, 0.2) is 18.2 Å². The molecule has 0 unspecified atom stereocenters. The van der Waals surface area contributed by atoms with Crippen molar-refractivity contribution >= 4 is 0 Å². The highest BCUT2D eigenvalue weighted by Crippen LogP contribution is 2.37. The van der Waals surface area contributed by atoms with Crippen molar-refractivity contribution in [2.45, 2.75) is 31.9 Å². The standard InChI is InChI=1S/C11H11F3/c1-7-2-3-8-4-5-9(6-10(7)8)11(12,13)14/h4-7H,2-3H2,1H3/t7-/m0/s1. The molecule has 0 nitrogen and oxygen atoms in total. The van der Waals surface area contributed by atoms with Crippen LogP contribution in [0.5, 0.6) is 0 Å². The van der Waals surface area contributed by atoms with Gasteiger partial charge in [0.2, 0.25) is 0 Å². The van der Waals surface area contributed by atoms with Crippen LogP contribution in [0, 0.1) is 0 Å². The van der Waals surface area contributed by atoms with Gasteiger partial charge in [-0.3, -0.25) is 0 Å². The van der Waals surface area contributed by atoms with E-state index in [4.69, 9.17) is 0 Å². The molecule has 0 N–H and O–H groups in total. The molecule has 0 bridgehead atoms. The Balaban J connectivity index is 2.45. The van der Waals surface area contributed by atoms with Gasteiger partial charge in [0.25, 0.3) is 0 Å². The summed E-state index contributed by atoms with van der Waals surface area (Å²) in [5, 5.41) is 0. The molecule has 0 spiro atoms. The van der Waals surface area contributed by atoms with Crippen LogP contribution in [0.4, 0.5) is 13.2 Å². The van der Waals surface area contributed by atoms with Gasteiger partial charge in [-0.1, -0.05) is 13.0 Å². The van der Waals surface area contributed by atoms with E-state index >= 15 is 0 Å². The molecule has 0 radical (unpaired) electrons. The molecule has 2 rings (SSSR count). The van der Waals surface area contributed by atoms with Crippen molar-refractivity contribution in [2.24, 2.45) is 0 Å². The maximum atomic E-state index is 12.4. The Bertz CT molecular complexity index is 352. The largest absolute Gasteiger partial charge is 0.416 e. The fourth-order valence-electron chi connectivity index (χ4n) is 1.99. The molecule has 1 aromatic rings. The van der Waals surface area contributed by atoms with Gasteiger partial charge in [-0.05, 0) is 42.0 Å². The van der Waals surface area contributed by atoms with Crippen molar-refractivity contribution in [2.75, 3.05) is 0 Å². The Morgan fingerprint density at radius 2 is 2.00 bits per heavy atom. The second kappa shape index (κ2) is 3.01. The zero-order valence-corrected chi connectivity index (χ0v) is 7.86. The lowest BCUT2D eigenvalue weighted by atomic mass is 10.0. The van der Waals surface area contributed by atoms with Crippen molar-refractivity contribution in [1.29, 1.82) is 0 Å². The molecule has 0 amide bonds. The maximum absolute atomic E-state index is 12.4. The topological polar surface area (TPSA) is 0 Å². The molecule has 3 heteroatoms. The molecular weight excluding hydrogens is 189 g/mol. The molecule has 0 fully saturated rings. The summed E-state index contributed by atoms with van der Waals surface area (Å²) in [5.74, 6) is 0.271. The summed E-state index contributed by atoms with van der Waals surface area (Å²) in [7, 11) is 0. The van der Waals surface area contributed by atoms with Crippen molar-refractivity contribution < 1.29 is 13.2 Å². The number of hydrogen-bond donors (Lipinski definition) is 0. The number of aryl methyl sites for hydroxylation is 1. The molecule has 0 heterocycles. The lowest BCUT2D eigenvalue weighted by Gasteiger charge is -2.10. The third-order valence-electron chi connectivity index (χ3n) is 2.85. The predicted molar refractivity (Wildman–Crippen MR) is 48.2 cm³/mol. The molecule has 76 valence electrons. The average Bonchev–Trinajstić information content (AvgIpc) is 2.46. The predicted octanol–water partition coefficient (Wildman–Crippen LogP) is 3.76. The van der Waals surface area contributed by atoms with Crippen molar-refractivity contribution in [3.63, 3.8) is 0 Å². The van der Waals surface area contributed by atoms with Gasteiger partial charge in [0.05, 0.1) is 5.56 Å². The Morgan fingerprint density at radius 1 is 1.29 bits per heavy atom. The number of benzene rings is 1. The lowest BCUT2D eigenvalue weighted by Crippen LogP contribution is -2.05. The summed E-state index contributed by atoms with van der Waals surface area (Å²) in [4.78, 5) is 0. The third-order valence-corrected chi connectivity index (χ3v) is 2.85. The molecule has 1 aliphatic rings. The van der Waals surface area contributed by atoms with E-state index in [1.54, 1.807) is 6.07 Å². The fraction of sp³-hybridized carbons (Fsp3) is 0.455. The van der Waals surface area contributed by atoms with Gasteiger partial charge in [-0.2, -0.15) is 13.2 Å². The van der Waals surface area contributed by atoms with Crippen LogP contribution < -0.4 is 0 Å². The molecule has 1 aliphatic carbocycles. The minimum absolute atomic E-state index is 0.271. The lowest BCUT2D eigenvalue weighted by molar-refractivity contribution is -0.137. The van der Waals surface area contributed by atoms with Gasteiger partial charge in [-0.15, -0.1) is 0 Å². The van der Waals surface area contributed by atoms with Crippen LogP contribution >= 0.6 is 0 Å². The quantitative estimate of drug-likeness (QED) is 0.598. The molecular formula is C11H11F3. The van der Waals surface area contributed by atoms with Crippen molar-refractivity contribution in [3.8, 4) is 0 Å². The highest BCUT2D eigenvalue weighted by atomic mass is 19.4. The first-order valence-electron chi connectivity index (χ1n) is 4.68. The number of hydrogen-bond acceptors (Lipinski definition) is 0. The van der Waals surface area contributed by atoms with Crippen molar-refractivity contribution in [3.05, 3.63) is 34.9 Å². The summed E-state index contributed by atoms with van der Waals surface area (Å²) in [6.07, 6.45) is -2.33. The fourth-order valence-corrected chi connectivity index (χ4v) is 1.99. The smallest absolute Gasteiger partial charge is 0.166 e. The minimum Gasteiger partial charge on any atom is -0.166 e. The van der Waals surface area contributed by atoms with E-state index in [2.05, 4.69) is 0 Å². The van der Waals surface area contributed by atoms with Crippen LogP contribution in [0.3, 0.4) is 0 Å². The van der Waals surface area contributed by atoms with Gasteiger partial charge >= 0.3 is 6.18 Å². The van der Waals surface area contributed by atoms with E-state index in [0.29, 0.717) is 0 Å². The monoisotopic (exact) mass is 200 g/mol. The highest BCUT2D eigenvalue weighted by Gasteiger charge is 2.32. The first-order valence-corrected chi connectivity index (χ1v) is 4.68. The van der Waals surface area contributed by atoms with E-state index in [0.717, 1.165) is 24.0 Å². The second-order valence-corrected chi connectivity index (χ2v) is 3.85.